The van der Waals surface area contributed by atoms with Crippen molar-refractivity contribution in [2.24, 2.45) is 0 Å². The van der Waals surface area contributed by atoms with Crippen LogP contribution in [0, 0.1) is 25.2 Å². The van der Waals surface area contributed by atoms with E-state index in [0.717, 1.165) is 5.75 Å². The maximum atomic E-state index is 12.6. The Bertz CT molecular complexity index is 965. The van der Waals surface area contributed by atoms with Crippen molar-refractivity contribution in [1.82, 2.24) is 14.6 Å². The number of H-pyrrole nitrogens is 1. The number of fused-ring (bicyclic) bond motifs is 1. The summed E-state index contributed by atoms with van der Waals surface area (Å²) in [5, 5.41) is 12.1. The lowest BCUT2D eigenvalue weighted by atomic mass is 10.1. The molecule has 0 radical (unpaired) electrons. The summed E-state index contributed by atoms with van der Waals surface area (Å²) in [6, 6.07) is 11.7. The Hall–Kier alpha value is -3.07. The third-order valence-electron chi connectivity index (χ3n) is 3.96. The number of aromatic amines is 1. The number of aromatic nitrogens is 3. The van der Waals surface area contributed by atoms with Gasteiger partial charge in [-0.2, -0.15) is 9.78 Å². The standard InChI is InChI=1S/C18H18N4O2/c1-12-15(9-6-10-24-14-7-4-3-5-8-14)18(23)22-17(20-12)16(11-19)13(2)21-22/h3-5,7-8,21H,6,9-10H2,1-2H3. The monoisotopic (exact) mass is 322 g/mol. The molecule has 0 saturated carbocycles. The molecular formula is C18H18N4O2. The Morgan fingerprint density at radius 1 is 1.29 bits per heavy atom. The number of para-hydroxylation sites is 1. The summed E-state index contributed by atoms with van der Waals surface area (Å²) in [4.78, 5) is 17.1. The number of benzene rings is 1. The van der Waals surface area contributed by atoms with E-state index in [0.29, 0.717) is 47.6 Å². The van der Waals surface area contributed by atoms with E-state index in [-0.39, 0.29) is 5.56 Å². The normalized spacial score (nSPS) is 10.7. The van der Waals surface area contributed by atoms with Crippen LogP contribution in [0.25, 0.3) is 5.65 Å². The highest BCUT2D eigenvalue weighted by atomic mass is 16.5. The zero-order valence-electron chi connectivity index (χ0n) is 13.7. The zero-order chi connectivity index (χ0) is 17.1. The molecule has 0 aliphatic rings. The molecule has 0 spiro atoms. The molecule has 1 N–H and O–H groups in total. The lowest BCUT2D eigenvalue weighted by molar-refractivity contribution is 0.310. The van der Waals surface area contributed by atoms with E-state index in [4.69, 9.17) is 4.74 Å². The van der Waals surface area contributed by atoms with Crippen molar-refractivity contribution in [3.63, 3.8) is 0 Å². The van der Waals surface area contributed by atoms with Crippen LogP contribution in [0.4, 0.5) is 0 Å². The van der Waals surface area contributed by atoms with Crippen molar-refractivity contribution in [1.29, 1.82) is 5.26 Å². The first-order valence-electron chi connectivity index (χ1n) is 7.80. The van der Waals surface area contributed by atoms with Crippen molar-refractivity contribution < 1.29 is 4.74 Å². The van der Waals surface area contributed by atoms with Crippen molar-refractivity contribution >= 4 is 5.65 Å². The van der Waals surface area contributed by atoms with E-state index in [2.05, 4.69) is 16.2 Å². The highest BCUT2D eigenvalue weighted by Crippen LogP contribution is 2.13. The largest absolute Gasteiger partial charge is 0.494 e. The average Bonchev–Trinajstić information content (AvgIpc) is 2.90. The lowest BCUT2D eigenvalue weighted by Crippen LogP contribution is -2.22. The second-order valence-electron chi connectivity index (χ2n) is 5.63. The van der Waals surface area contributed by atoms with Gasteiger partial charge in [0.15, 0.2) is 5.65 Å². The molecule has 3 rings (SSSR count). The predicted molar refractivity (Wildman–Crippen MR) is 90.3 cm³/mol. The number of nitrogens with zero attached hydrogens (tertiary/aromatic N) is 3. The Balaban J connectivity index is 1.78. The van der Waals surface area contributed by atoms with Crippen molar-refractivity contribution in [2.75, 3.05) is 6.61 Å². The zero-order valence-corrected chi connectivity index (χ0v) is 13.7. The second-order valence-corrected chi connectivity index (χ2v) is 5.63. The number of rotatable bonds is 5. The van der Waals surface area contributed by atoms with Gasteiger partial charge in [0, 0.05) is 11.3 Å². The molecular weight excluding hydrogens is 304 g/mol. The number of aryl methyl sites for hydroxylation is 2. The topological polar surface area (TPSA) is 83.2 Å². The molecule has 3 aromatic rings. The second kappa shape index (κ2) is 6.59. The molecule has 0 fully saturated rings. The molecule has 0 aliphatic carbocycles. The van der Waals surface area contributed by atoms with E-state index in [1.165, 1.54) is 4.52 Å². The minimum atomic E-state index is -0.151. The lowest BCUT2D eigenvalue weighted by Gasteiger charge is -2.07. The first-order chi connectivity index (χ1) is 11.6. The van der Waals surface area contributed by atoms with Gasteiger partial charge in [-0.1, -0.05) is 18.2 Å². The van der Waals surface area contributed by atoms with Crippen LogP contribution < -0.4 is 10.3 Å². The summed E-state index contributed by atoms with van der Waals surface area (Å²) in [6.07, 6.45) is 1.29. The Kier molecular flexibility index (Phi) is 4.34. The third-order valence-corrected chi connectivity index (χ3v) is 3.96. The van der Waals surface area contributed by atoms with Crippen molar-refractivity contribution in [3.8, 4) is 11.8 Å². The molecule has 1 aromatic carbocycles. The first kappa shape index (κ1) is 15.8. The Morgan fingerprint density at radius 2 is 2.04 bits per heavy atom. The minimum absolute atomic E-state index is 0.151. The van der Waals surface area contributed by atoms with E-state index in [1.807, 2.05) is 30.3 Å². The number of hydrogen-bond acceptors (Lipinski definition) is 4. The molecule has 0 bridgehead atoms. The van der Waals surface area contributed by atoms with Crippen LogP contribution in [-0.4, -0.2) is 21.2 Å². The molecule has 6 heteroatoms. The maximum absolute atomic E-state index is 12.6. The van der Waals surface area contributed by atoms with Crippen LogP contribution in [0.3, 0.4) is 0 Å². The van der Waals surface area contributed by atoms with Gasteiger partial charge in [-0.05, 0) is 38.8 Å². The minimum Gasteiger partial charge on any atom is -0.494 e. The summed E-state index contributed by atoms with van der Waals surface area (Å²) in [7, 11) is 0. The van der Waals surface area contributed by atoms with Crippen LogP contribution in [0.15, 0.2) is 35.1 Å². The van der Waals surface area contributed by atoms with Crippen molar-refractivity contribution in [2.45, 2.75) is 26.7 Å². The molecule has 0 saturated heterocycles. The van der Waals surface area contributed by atoms with E-state index < -0.39 is 0 Å². The van der Waals surface area contributed by atoms with Crippen LogP contribution in [0.5, 0.6) is 5.75 Å². The summed E-state index contributed by atoms with van der Waals surface area (Å²) in [6.45, 7) is 4.09. The van der Waals surface area contributed by atoms with Gasteiger partial charge in [0.2, 0.25) is 0 Å². The summed E-state index contributed by atoms with van der Waals surface area (Å²) < 4.78 is 7.01. The maximum Gasteiger partial charge on any atom is 0.276 e. The summed E-state index contributed by atoms with van der Waals surface area (Å²) in [5.41, 5.74) is 2.61. The molecule has 0 aliphatic heterocycles. The van der Waals surface area contributed by atoms with Crippen LogP contribution in [0.2, 0.25) is 0 Å². The molecule has 0 atom stereocenters. The SMILES string of the molecule is Cc1nc2c(C#N)c(C)[nH]n2c(=O)c1CCCOc1ccccc1. The smallest absolute Gasteiger partial charge is 0.276 e. The van der Waals surface area contributed by atoms with Gasteiger partial charge in [-0.3, -0.25) is 9.89 Å². The van der Waals surface area contributed by atoms with Gasteiger partial charge in [0.25, 0.3) is 5.56 Å². The summed E-state index contributed by atoms with van der Waals surface area (Å²) >= 11 is 0. The van der Waals surface area contributed by atoms with Crippen LogP contribution in [0.1, 0.15) is 28.9 Å². The van der Waals surface area contributed by atoms with Crippen LogP contribution >= 0.6 is 0 Å². The number of nitrogens with one attached hydrogen (secondary N) is 1. The predicted octanol–water partition coefficient (Wildman–Crippen LogP) is 2.52. The van der Waals surface area contributed by atoms with E-state index in [9.17, 15) is 10.1 Å². The van der Waals surface area contributed by atoms with Gasteiger partial charge in [0.05, 0.1) is 12.3 Å². The number of nitriles is 1. The van der Waals surface area contributed by atoms with Gasteiger partial charge >= 0.3 is 0 Å². The fourth-order valence-corrected chi connectivity index (χ4v) is 2.70. The Morgan fingerprint density at radius 3 is 2.75 bits per heavy atom. The molecule has 0 unspecified atom stereocenters. The highest BCUT2D eigenvalue weighted by Gasteiger charge is 2.15. The fraction of sp³-hybridized carbons (Fsp3) is 0.278. The molecule has 122 valence electrons. The molecule has 2 aromatic heterocycles. The first-order valence-corrected chi connectivity index (χ1v) is 7.80. The number of hydrogen-bond donors (Lipinski definition) is 1. The molecule has 24 heavy (non-hydrogen) atoms. The molecule has 6 nitrogen and oxygen atoms in total. The van der Waals surface area contributed by atoms with Crippen molar-refractivity contribution in [3.05, 3.63) is 63.2 Å². The van der Waals surface area contributed by atoms with Gasteiger partial charge in [-0.25, -0.2) is 4.98 Å². The number of ether oxygens (including phenoxy) is 1. The summed E-state index contributed by atoms with van der Waals surface area (Å²) in [5.74, 6) is 0.818. The molecule has 2 heterocycles. The average molecular weight is 322 g/mol. The van der Waals surface area contributed by atoms with Gasteiger partial charge in [-0.15, -0.1) is 0 Å². The molecule has 0 amide bonds. The van der Waals surface area contributed by atoms with Crippen LogP contribution in [-0.2, 0) is 6.42 Å². The van der Waals surface area contributed by atoms with Gasteiger partial charge < -0.3 is 4.74 Å². The third kappa shape index (κ3) is 2.88. The van der Waals surface area contributed by atoms with E-state index >= 15 is 0 Å². The quantitative estimate of drug-likeness (QED) is 0.732. The Labute approximate surface area is 139 Å². The van der Waals surface area contributed by atoms with E-state index in [1.54, 1.807) is 13.8 Å². The highest BCUT2D eigenvalue weighted by molar-refractivity contribution is 5.57. The van der Waals surface area contributed by atoms with Gasteiger partial charge in [0.1, 0.15) is 17.4 Å². The fourth-order valence-electron chi connectivity index (χ4n) is 2.70.